The molecule has 132 valence electrons. The van der Waals surface area contributed by atoms with Gasteiger partial charge in [-0.25, -0.2) is 5.43 Å². The summed E-state index contributed by atoms with van der Waals surface area (Å²) >= 11 is 5.84. The minimum absolute atomic E-state index is 0.242. The number of hydrogen-bond donors (Lipinski definition) is 1. The molecule has 0 spiro atoms. The number of carbonyl (C=O) groups is 1. The highest BCUT2D eigenvalue weighted by molar-refractivity contribution is 6.30. The highest BCUT2D eigenvalue weighted by Crippen LogP contribution is 2.31. The number of aromatic nitrogens is 1. The van der Waals surface area contributed by atoms with Crippen LogP contribution in [0.5, 0.6) is 0 Å². The van der Waals surface area contributed by atoms with Crippen molar-refractivity contribution in [1.82, 2.24) is 9.99 Å². The molecule has 1 aromatic heterocycles. The number of carbonyl (C=O) groups excluding carboxylic acids is 1. The molecule has 1 aliphatic rings. The van der Waals surface area contributed by atoms with Crippen LogP contribution in [0.4, 0.5) is 0 Å². The van der Waals surface area contributed by atoms with Gasteiger partial charge >= 0.3 is 0 Å². The molecular formula is C20H24ClN3O. The first kappa shape index (κ1) is 17.7. The first-order valence-corrected chi connectivity index (χ1v) is 9.21. The summed E-state index contributed by atoms with van der Waals surface area (Å²) in [6.45, 7) is 4.27. The first-order chi connectivity index (χ1) is 12.1. The van der Waals surface area contributed by atoms with E-state index in [0.29, 0.717) is 16.6 Å². The Morgan fingerprint density at radius 1 is 1.20 bits per heavy atom. The van der Waals surface area contributed by atoms with Crippen LogP contribution in [0, 0.1) is 13.8 Å². The zero-order valence-electron chi connectivity index (χ0n) is 14.8. The van der Waals surface area contributed by atoms with Gasteiger partial charge in [-0.1, -0.05) is 30.9 Å². The summed E-state index contributed by atoms with van der Waals surface area (Å²) < 4.78 is 2.43. The SMILES string of the molecule is Cc1cc(/C=N\NC(=O)c2ccc(Cl)cc2)c(C)n1C1CCCCC1. The molecule has 1 heterocycles. The highest BCUT2D eigenvalue weighted by atomic mass is 35.5. The molecule has 1 aromatic carbocycles. The molecule has 0 aliphatic heterocycles. The fourth-order valence-corrected chi connectivity index (χ4v) is 3.79. The summed E-state index contributed by atoms with van der Waals surface area (Å²) in [7, 11) is 0. The maximum Gasteiger partial charge on any atom is 0.271 e. The molecule has 25 heavy (non-hydrogen) atoms. The maximum atomic E-state index is 12.1. The fraction of sp³-hybridized carbons (Fsp3) is 0.400. The van der Waals surface area contributed by atoms with Crippen molar-refractivity contribution in [3.05, 3.63) is 57.9 Å². The number of nitrogens with zero attached hydrogens (tertiary/aromatic N) is 2. The highest BCUT2D eigenvalue weighted by Gasteiger charge is 2.19. The molecule has 0 bridgehead atoms. The normalized spacial score (nSPS) is 15.6. The number of benzene rings is 1. The van der Waals surface area contributed by atoms with E-state index < -0.39 is 0 Å². The lowest BCUT2D eigenvalue weighted by atomic mass is 9.95. The molecule has 1 fully saturated rings. The van der Waals surface area contributed by atoms with Crippen molar-refractivity contribution in [3.8, 4) is 0 Å². The zero-order valence-corrected chi connectivity index (χ0v) is 15.5. The molecule has 2 aromatic rings. The molecule has 0 atom stereocenters. The Morgan fingerprint density at radius 3 is 2.56 bits per heavy atom. The van der Waals surface area contributed by atoms with Crippen molar-refractivity contribution in [2.75, 3.05) is 0 Å². The van der Waals surface area contributed by atoms with Gasteiger partial charge in [-0.05, 0) is 57.0 Å². The van der Waals surface area contributed by atoms with E-state index in [-0.39, 0.29) is 5.91 Å². The number of halogens is 1. The molecule has 5 heteroatoms. The van der Waals surface area contributed by atoms with E-state index in [2.05, 4.69) is 35.0 Å². The Bertz CT molecular complexity index is 771. The van der Waals surface area contributed by atoms with E-state index in [4.69, 9.17) is 11.6 Å². The number of amides is 1. The van der Waals surface area contributed by atoms with Crippen molar-refractivity contribution in [2.24, 2.45) is 5.10 Å². The molecule has 0 saturated heterocycles. The Labute approximate surface area is 153 Å². The smallest absolute Gasteiger partial charge is 0.271 e. The third-order valence-electron chi connectivity index (χ3n) is 4.94. The standard InChI is InChI=1S/C20H24ClN3O/c1-14-12-17(15(2)24(14)19-6-4-3-5-7-19)13-22-23-20(25)16-8-10-18(21)11-9-16/h8-13,19H,3-7H2,1-2H3,(H,23,25)/b22-13-. The van der Waals surface area contributed by atoms with Crippen molar-refractivity contribution in [3.63, 3.8) is 0 Å². The molecule has 1 amide bonds. The van der Waals surface area contributed by atoms with E-state index in [9.17, 15) is 4.79 Å². The van der Waals surface area contributed by atoms with E-state index in [1.165, 1.54) is 43.5 Å². The third kappa shape index (κ3) is 4.13. The second kappa shape index (κ2) is 7.87. The molecule has 0 unspecified atom stereocenters. The molecule has 0 radical (unpaired) electrons. The number of nitrogens with one attached hydrogen (secondary N) is 1. The van der Waals surface area contributed by atoms with Gasteiger partial charge in [0.25, 0.3) is 5.91 Å². The van der Waals surface area contributed by atoms with Gasteiger partial charge in [0.2, 0.25) is 0 Å². The van der Waals surface area contributed by atoms with Gasteiger partial charge < -0.3 is 4.57 Å². The minimum Gasteiger partial charge on any atom is -0.345 e. The number of aryl methyl sites for hydroxylation is 1. The monoisotopic (exact) mass is 357 g/mol. The van der Waals surface area contributed by atoms with Gasteiger partial charge in [0.05, 0.1) is 6.21 Å². The third-order valence-corrected chi connectivity index (χ3v) is 5.19. The summed E-state index contributed by atoms with van der Waals surface area (Å²) in [5.74, 6) is -0.242. The lowest BCUT2D eigenvalue weighted by Gasteiger charge is -2.26. The van der Waals surface area contributed by atoms with Crippen LogP contribution < -0.4 is 5.43 Å². The zero-order chi connectivity index (χ0) is 17.8. The Kier molecular flexibility index (Phi) is 5.59. The maximum absolute atomic E-state index is 12.1. The van der Waals surface area contributed by atoms with Crippen molar-refractivity contribution in [2.45, 2.75) is 52.0 Å². The average molecular weight is 358 g/mol. The summed E-state index contributed by atoms with van der Waals surface area (Å²) in [4.78, 5) is 12.1. The predicted molar refractivity (Wildman–Crippen MR) is 103 cm³/mol. The van der Waals surface area contributed by atoms with Crippen LogP contribution in [-0.2, 0) is 0 Å². The molecule has 1 N–H and O–H groups in total. The summed E-state index contributed by atoms with van der Waals surface area (Å²) in [6.07, 6.45) is 8.20. The van der Waals surface area contributed by atoms with Gasteiger partial charge in [-0.3, -0.25) is 4.79 Å². The van der Waals surface area contributed by atoms with E-state index in [1.807, 2.05) is 0 Å². The average Bonchev–Trinajstić information content (AvgIpc) is 2.90. The lowest BCUT2D eigenvalue weighted by Crippen LogP contribution is -2.17. The Balaban J connectivity index is 1.69. The molecule has 1 aliphatic carbocycles. The Hall–Kier alpha value is -2.07. The topological polar surface area (TPSA) is 46.4 Å². The fourth-order valence-electron chi connectivity index (χ4n) is 3.66. The predicted octanol–water partition coefficient (Wildman–Crippen LogP) is 5.03. The van der Waals surface area contributed by atoms with Crippen LogP contribution in [0.1, 0.15) is 65.5 Å². The van der Waals surface area contributed by atoms with Gasteiger partial charge in [-0.2, -0.15) is 5.10 Å². The largest absolute Gasteiger partial charge is 0.345 e. The Morgan fingerprint density at radius 2 is 1.88 bits per heavy atom. The molecular weight excluding hydrogens is 334 g/mol. The number of hydrogen-bond acceptors (Lipinski definition) is 2. The molecule has 4 nitrogen and oxygen atoms in total. The van der Waals surface area contributed by atoms with Gasteiger partial charge in [0.1, 0.15) is 0 Å². The van der Waals surface area contributed by atoms with Crippen LogP contribution in [0.3, 0.4) is 0 Å². The first-order valence-electron chi connectivity index (χ1n) is 8.83. The summed E-state index contributed by atoms with van der Waals surface area (Å²) in [6, 6.07) is 9.49. The van der Waals surface area contributed by atoms with Crippen LogP contribution in [0.15, 0.2) is 35.4 Å². The molecule has 1 saturated carbocycles. The van der Waals surface area contributed by atoms with Gasteiger partial charge in [0, 0.05) is 33.6 Å². The number of rotatable bonds is 4. The molecule has 3 rings (SSSR count). The summed E-state index contributed by atoms with van der Waals surface area (Å²) in [5.41, 5.74) is 6.65. The van der Waals surface area contributed by atoms with Crippen LogP contribution >= 0.6 is 11.6 Å². The van der Waals surface area contributed by atoms with E-state index in [0.717, 1.165) is 5.56 Å². The number of hydrazone groups is 1. The lowest BCUT2D eigenvalue weighted by molar-refractivity contribution is 0.0955. The van der Waals surface area contributed by atoms with Crippen molar-refractivity contribution < 1.29 is 4.79 Å². The minimum atomic E-state index is -0.242. The van der Waals surface area contributed by atoms with Gasteiger partial charge in [0.15, 0.2) is 0 Å². The van der Waals surface area contributed by atoms with E-state index in [1.54, 1.807) is 30.5 Å². The van der Waals surface area contributed by atoms with Crippen molar-refractivity contribution >= 4 is 23.7 Å². The quantitative estimate of drug-likeness (QED) is 0.605. The van der Waals surface area contributed by atoms with Crippen molar-refractivity contribution in [1.29, 1.82) is 0 Å². The van der Waals surface area contributed by atoms with Gasteiger partial charge in [-0.15, -0.1) is 0 Å². The summed E-state index contributed by atoms with van der Waals surface area (Å²) in [5, 5.41) is 4.74. The van der Waals surface area contributed by atoms with E-state index >= 15 is 0 Å². The second-order valence-corrected chi connectivity index (χ2v) is 7.13. The van der Waals surface area contributed by atoms with Crippen LogP contribution in [0.25, 0.3) is 0 Å². The van der Waals surface area contributed by atoms with Crippen LogP contribution in [-0.4, -0.2) is 16.7 Å². The van der Waals surface area contributed by atoms with Crippen LogP contribution in [0.2, 0.25) is 5.02 Å². The second-order valence-electron chi connectivity index (χ2n) is 6.69.